The maximum atomic E-state index is 11.5. The Morgan fingerprint density at radius 2 is 1.79 bits per heavy atom. The Balaban J connectivity index is 3.44. The van der Waals surface area contributed by atoms with Gasteiger partial charge in [0.05, 0.1) is 0 Å². The number of carbonyl (C=O) groups is 1. The molecule has 1 amide bonds. The number of nitrogens with two attached hydrogens (primary N) is 1. The number of nitrogens with zero attached hydrogens (tertiary/aromatic N) is 1. The second kappa shape index (κ2) is 7.80. The normalized spacial score (nSPS) is 10.6. The molecular weight excluding hydrogens is 176 g/mol. The van der Waals surface area contributed by atoms with Crippen LogP contribution in [-0.2, 0) is 4.79 Å². The van der Waals surface area contributed by atoms with Crippen LogP contribution in [0.3, 0.4) is 0 Å². The summed E-state index contributed by atoms with van der Waals surface area (Å²) in [6.07, 6.45) is 5.02. The number of unbranched alkanes of at least 4 members (excludes halogenated alkanes) is 3. The van der Waals surface area contributed by atoms with Gasteiger partial charge in [0.1, 0.15) is 0 Å². The van der Waals surface area contributed by atoms with Crippen LogP contribution in [0.1, 0.15) is 46.0 Å². The fraction of sp³-hybridized carbons (Fsp3) is 0.909. The predicted octanol–water partition coefficient (Wildman–Crippen LogP) is 1.76. The number of carbonyl (C=O) groups excluding carboxylic acids is 1. The average Bonchev–Trinajstić information content (AvgIpc) is 2.16. The van der Waals surface area contributed by atoms with E-state index >= 15 is 0 Å². The third kappa shape index (κ3) is 5.97. The van der Waals surface area contributed by atoms with E-state index in [1.807, 2.05) is 25.8 Å². The molecule has 0 atom stereocenters. The zero-order valence-corrected chi connectivity index (χ0v) is 9.75. The van der Waals surface area contributed by atoms with Crippen LogP contribution in [0.25, 0.3) is 0 Å². The van der Waals surface area contributed by atoms with Crippen LogP contribution in [0.4, 0.5) is 0 Å². The van der Waals surface area contributed by atoms with Crippen molar-refractivity contribution in [1.82, 2.24) is 4.90 Å². The first-order valence-electron chi connectivity index (χ1n) is 5.55. The van der Waals surface area contributed by atoms with Gasteiger partial charge in [0.25, 0.3) is 0 Å². The first-order chi connectivity index (χ1) is 6.59. The lowest BCUT2D eigenvalue weighted by molar-refractivity contribution is -0.131. The minimum atomic E-state index is 0.257. The van der Waals surface area contributed by atoms with Gasteiger partial charge in [-0.3, -0.25) is 4.79 Å². The van der Waals surface area contributed by atoms with Gasteiger partial charge in [-0.1, -0.05) is 12.8 Å². The molecule has 2 N–H and O–H groups in total. The fourth-order valence-electron chi connectivity index (χ4n) is 1.24. The van der Waals surface area contributed by atoms with Gasteiger partial charge < -0.3 is 10.6 Å². The van der Waals surface area contributed by atoms with Gasteiger partial charge >= 0.3 is 0 Å². The van der Waals surface area contributed by atoms with E-state index in [4.69, 9.17) is 5.73 Å². The van der Waals surface area contributed by atoms with Crippen molar-refractivity contribution in [3.63, 3.8) is 0 Å². The monoisotopic (exact) mass is 200 g/mol. The van der Waals surface area contributed by atoms with Gasteiger partial charge in [0.2, 0.25) is 5.91 Å². The molecular formula is C11H24N2O. The largest absolute Gasteiger partial charge is 0.343 e. The number of amides is 1. The van der Waals surface area contributed by atoms with Crippen LogP contribution in [0.5, 0.6) is 0 Å². The Morgan fingerprint density at radius 1 is 1.21 bits per heavy atom. The smallest absolute Gasteiger partial charge is 0.222 e. The standard InChI is InChI=1S/C11H24N2O/c1-10(2)13(3)11(14)8-6-4-5-7-9-12/h10H,4-9,12H2,1-3H3. The van der Waals surface area contributed by atoms with Crippen LogP contribution in [0.15, 0.2) is 0 Å². The summed E-state index contributed by atoms with van der Waals surface area (Å²) in [5.74, 6) is 0.257. The minimum absolute atomic E-state index is 0.257. The van der Waals surface area contributed by atoms with E-state index < -0.39 is 0 Å². The van der Waals surface area contributed by atoms with Gasteiger partial charge in [0.15, 0.2) is 0 Å². The minimum Gasteiger partial charge on any atom is -0.343 e. The number of hydrogen-bond acceptors (Lipinski definition) is 2. The van der Waals surface area contributed by atoms with E-state index in [1.165, 1.54) is 0 Å². The lowest BCUT2D eigenvalue weighted by Gasteiger charge is -2.21. The van der Waals surface area contributed by atoms with Gasteiger partial charge in [-0.05, 0) is 33.2 Å². The Hall–Kier alpha value is -0.570. The van der Waals surface area contributed by atoms with Gasteiger partial charge in [-0.25, -0.2) is 0 Å². The molecule has 0 fully saturated rings. The molecule has 3 nitrogen and oxygen atoms in total. The Bertz CT molecular complexity index is 157. The fourth-order valence-corrected chi connectivity index (χ4v) is 1.24. The maximum absolute atomic E-state index is 11.5. The lowest BCUT2D eigenvalue weighted by atomic mass is 10.1. The summed E-state index contributed by atoms with van der Waals surface area (Å²) in [5, 5.41) is 0. The lowest BCUT2D eigenvalue weighted by Crippen LogP contribution is -2.32. The molecule has 0 aromatic carbocycles. The topological polar surface area (TPSA) is 46.3 Å². The summed E-state index contributed by atoms with van der Waals surface area (Å²) >= 11 is 0. The Kier molecular flexibility index (Phi) is 7.48. The highest BCUT2D eigenvalue weighted by molar-refractivity contribution is 5.76. The second-order valence-corrected chi connectivity index (χ2v) is 4.05. The van der Waals surface area contributed by atoms with E-state index in [-0.39, 0.29) is 5.91 Å². The molecule has 0 rings (SSSR count). The summed E-state index contributed by atoms with van der Waals surface area (Å²) in [4.78, 5) is 13.3. The highest BCUT2D eigenvalue weighted by Gasteiger charge is 2.10. The molecule has 0 bridgehead atoms. The molecule has 84 valence electrons. The highest BCUT2D eigenvalue weighted by Crippen LogP contribution is 2.05. The molecule has 0 aromatic heterocycles. The van der Waals surface area contributed by atoms with Crippen molar-refractivity contribution >= 4 is 5.91 Å². The summed E-state index contributed by atoms with van der Waals surface area (Å²) in [7, 11) is 1.87. The van der Waals surface area contributed by atoms with Crippen molar-refractivity contribution in [1.29, 1.82) is 0 Å². The van der Waals surface area contributed by atoms with Crippen LogP contribution in [0.2, 0.25) is 0 Å². The van der Waals surface area contributed by atoms with Crippen LogP contribution >= 0.6 is 0 Å². The molecule has 0 heterocycles. The molecule has 0 aliphatic carbocycles. The number of rotatable bonds is 7. The van der Waals surface area contributed by atoms with Crippen molar-refractivity contribution in [3.8, 4) is 0 Å². The summed E-state index contributed by atoms with van der Waals surface area (Å²) in [5.41, 5.74) is 5.38. The van der Waals surface area contributed by atoms with Gasteiger partial charge in [-0.15, -0.1) is 0 Å². The molecule has 0 radical (unpaired) electrons. The summed E-state index contributed by atoms with van der Waals surface area (Å²) in [6, 6.07) is 0.312. The Morgan fingerprint density at radius 3 is 2.29 bits per heavy atom. The third-order valence-electron chi connectivity index (χ3n) is 2.51. The Labute approximate surface area is 87.6 Å². The number of hydrogen-bond donors (Lipinski definition) is 1. The zero-order valence-electron chi connectivity index (χ0n) is 9.75. The molecule has 0 spiro atoms. The first-order valence-corrected chi connectivity index (χ1v) is 5.55. The molecule has 0 saturated carbocycles. The van der Waals surface area contributed by atoms with Crippen molar-refractivity contribution < 1.29 is 4.79 Å². The average molecular weight is 200 g/mol. The van der Waals surface area contributed by atoms with Crippen LogP contribution in [0, 0.1) is 0 Å². The molecule has 0 aromatic rings. The van der Waals surface area contributed by atoms with E-state index in [0.29, 0.717) is 12.5 Å². The van der Waals surface area contributed by atoms with E-state index in [1.54, 1.807) is 0 Å². The van der Waals surface area contributed by atoms with Gasteiger partial charge in [-0.2, -0.15) is 0 Å². The summed E-state index contributed by atoms with van der Waals surface area (Å²) < 4.78 is 0. The zero-order chi connectivity index (χ0) is 11.0. The van der Waals surface area contributed by atoms with E-state index in [2.05, 4.69) is 0 Å². The maximum Gasteiger partial charge on any atom is 0.222 e. The van der Waals surface area contributed by atoms with Crippen LogP contribution in [-0.4, -0.2) is 30.4 Å². The molecule has 14 heavy (non-hydrogen) atoms. The quantitative estimate of drug-likeness (QED) is 0.637. The molecule has 3 heteroatoms. The molecule has 0 aliphatic heterocycles. The van der Waals surface area contributed by atoms with Crippen molar-refractivity contribution in [2.75, 3.05) is 13.6 Å². The van der Waals surface area contributed by atoms with Crippen molar-refractivity contribution in [3.05, 3.63) is 0 Å². The SMILES string of the molecule is CC(C)N(C)C(=O)CCCCCCN. The third-order valence-corrected chi connectivity index (χ3v) is 2.51. The van der Waals surface area contributed by atoms with E-state index in [9.17, 15) is 4.79 Å². The van der Waals surface area contributed by atoms with Crippen molar-refractivity contribution in [2.24, 2.45) is 5.73 Å². The summed E-state index contributed by atoms with van der Waals surface area (Å²) in [6.45, 7) is 4.83. The second-order valence-electron chi connectivity index (χ2n) is 4.05. The van der Waals surface area contributed by atoms with Gasteiger partial charge in [0, 0.05) is 19.5 Å². The molecule has 0 saturated heterocycles. The predicted molar refractivity (Wildman–Crippen MR) is 60.0 cm³/mol. The molecule has 0 unspecified atom stereocenters. The molecule has 0 aliphatic rings. The highest BCUT2D eigenvalue weighted by atomic mass is 16.2. The van der Waals surface area contributed by atoms with Crippen LogP contribution < -0.4 is 5.73 Å². The van der Waals surface area contributed by atoms with E-state index in [0.717, 1.165) is 32.2 Å². The van der Waals surface area contributed by atoms with Crippen molar-refractivity contribution in [2.45, 2.75) is 52.0 Å². The first kappa shape index (κ1) is 13.4.